The number of pyridine rings is 4. The quantitative estimate of drug-likeness (QED) is 0.133. The van der Waals surface area contributed by atoms with E-state index in [0.29, 0.717) is 0 Å². The summed E-state index contributed by atoms with van der Waals surface area (Å²) in [6, 6.07) is 66.5. The highest BCUT2D eigenvalue weighted by Crippen LogP contribution is 2.46. The molecular formula is C54H32N4. The van der Waals surface area contributed by atoms with Crippen LogP contribution in [0.3, 0.4) is 0 Å². The Bertz CT molecular complexity index is 3560. The zero-order valence-electron chi connectivity index (χ0n) is 31.3. The highest BCUT2D eigenvalue weighted by molar-refractivity contribution is 6.24. The standard InChI is InChI=1S/C54H32N4/c1-3-13-33(14-4-1)45-29-25-35-23-27-42-41(31-32-55-53(42)51(35)56-45)49-37-17-7-9-19-39(37)50(40-20-10-8-18-38(40)49)47-30-26-36-24-28-44-48(34-15-5-2-6-16-34)43-21-11-12-22-46(43)57-54(44)52(36)58-47/h1-32H. The van der Waals surface area contributed by atoms with Gasteiger partial charge in [-0.05, 0) is 62.5 Å². The first-order valence-electron chi connectivity index (χ1n) is 19.6. The Morgan fingerprint density at radius 3 is 1.48 bits per heavy atom. The molecule has 0 aliphatic heterocycles. The van der Waals surface area contributed by atoms with Gasteiger partial charge in [-0.15, -0.1) is 0 Å². The van der Waals surface area contributed by atoms with Crippen LogP contribution in [0.4, 0.5) is 0 Å². The van der Waals surface area contributed by atoms with Crippen LogP contribution in [0.2, 0.25) is 0 Å². The molecule has 0 saturated heterocycles. The zero-order valence-corrected chi connectivity index (χ0v) is 31.3. The van der Waals surface area contributed by atoms with Gasteiger partial charge in [0, 0.05) is 49.8 Å². The SMILES string of the molecule is c1ccc(-c2ccc3ccc4c(-c5c6ccccc6c(-c6ccc7ccc8c(-c9ccccc9)c9ccccc9nc8c7n6)c6ccccc56)ccnc4c3n2)cc1. The minimum absolute atomic E-state index is 0.892. The fraction of sp³-hybridized carbons (Fsp3) is 0. The van der Waals surface area contributed by atoms with Crippen LogP contribution in [-0.2, 0) is 0 Å². The van der Waals surface area contributed by atoms with Crippen molar-refractivity contribution in [3.05, 3.63) is 194 Å². The van der Waals surface area contributed by atoms with E-state index in [1.54, 1.807) is 0 Å². The second-order valence-electron chi connectivity index (χ2n) is 14.9. The topological polar surface area (TPSA) is 51.6 Å². The Morgan fingerprint density at radius 2 is 0.793 bits per heavy atom. The molecule has 58 heavy (non-hydrogen) atoms. The molecule has 0 bridgehead atoms. The van der Waals surface area contributed by atoms with Gasteiger partial charge in [-0.25, -0.2) is 15.0 Å². The van der Waals surface area contributed by atoms with Crippen molar-refractivity contribution < 1.29 is 0 Å². The molecule has 0 fully saturated rings. The predicted octanol–water partition coefficient (Wildman–Crippen LogP) is 14.0. The Morgan fingerprint density at radius 1 is 0.276 bits per heavy atom. The molecule has 0 radical (unpaired) electrons. The molecule has 0 aliphatic rings. The molecule has 12 aromatic rings. The van der Waals surface area contributed by atoms with Gasteiger partial charge in [0.2, 0.25) is 0 Å². The van der Waals surface area contributed by atoms with Gasteiger partial charge in [-0.3, -0.25) is 4.98 Å². The Kier molecular flexibility index (Phi) is 7.20. The van der Waals surface area contributed by atoms with E-state index in [1.165, 1.54) is 16.7 Å². The second-order valence-corrected chi connectivity index (χ2v) is 14.9. The molecule has 4 aromatic heterocycles. The van der Waals surface area contributed by atoms with Crippen molar-refractivity contribution in [1.82, 2.24) is 19.9 Å². The third kappa shape index (κ3) is 4.95. The molecule has 12 rings (SSSR count). The van der Waals surface area contributed by atoms with Gasteiger partial charge < -0.3 is 0 Å². The number of benzene rings is 8. The molecular weight excluding hydrogens is 705 g/mol. The summed E-state index contributed by atoms with van der Waals surface area (Å²) in [6.45, 7) is 0. The van der Waals surface area contributed by atoms with Gasteiger partial charge in [0.15, 0.2) is 0 Å². The molecule has 0 spiro atoms. The first-order chi connectivity index (χ1) is 28.8. The van der Waals surface area contributed by atoms with Gasteiger partial charge in [-0.1, -0.05) is 164 Å². The maximum atomic E-state index is 5.55. The summed E-state index contributed by atoms with van der Waals surface area (Å²) < 4.78 is 0. The monoisotopic (exact) mass is 736 g/mol. The molecule has 0 N–H and O–H groups in total. The van der Waals surface area contributed by atoms with E-state index >= 15 is 0 Å². The maximum Gasteiger partial charge on any atom is 0.0978 e. The van der Waals surface area contributed by atoms with E-state index in [0.717, 1.165) is 104 Å². The lowest BCUT2D eigenvalue weighted by atomic mass is 9.86. The number of rotatable bonds is 4. The van der Waals surface area contributed by atoms with Crippen molar-refractivity contribution in [2.75, 3.05) is 0 Å². The molecule has 0 aliphatic carbocycles. The maximum absolute atomic E-state index is 5.55. The van der Waals surface area contributed by atoms with Crippen LogP contribution in [0.15, 0.2) is 194 Å². The summed E-state index contributed by atoms with van der Waals surface area (Å²) in [5.74, 6) is 0. The van der Waals surface area contributed by atoms with Gasteiger partial charge in [0.1, 0.15) is 0 Å². The third-order valence-corrected chi connectivity index (χ3v) is 11.7. The molecule has 0 atom stereocenters. The number of aromatic nitrogens is 4. The summed E-state index contributed by atoms with van der Waals surface area (Å²) in [4.78, 5) is 21.0. The molecule has 0 unspecified atom stereocenters. The molecule has 8 aromatic carbocycles. The summed E-state index contributed by atoms with van der Waals surface area (Å²) in [5.41, 5.74) is 13.2. The minimum Gasteiger partial charge on any atom is -0.254 e. The first-order valence-corrected chi connectivity index (χ1v) is 19.6. The lowest BCUT2D eigenvalue weighted by Gasteiger charge is -2.19. The first kappa shape index (κ1) is 32.4. The molecule has 0 amide bonds. The van der Waals surface area contributed by atoms with Gasteiger partial charge in [-0.2, -0.15) is 0 Å². The van der Waals surface area contributed by atoms with Crippen molar-refractivity contribution in [1.29, 1.82) is 0 Å². The average Bonchev–Trinajstić information content (AvgIpc) is 3.30. The van der Waals surface area contributed by atoms with Crippen molar-refractivity contribution >= 4 is 76.1 Å². The summed E-state index contributed by atoms with van der Waals surface area (Å²) in [7, 11) is 0. The highest BCUT2D eigenvalue weighted by atomic mass is 14.8. The lowest BCUT2D eigenvalue weighted by Crippen LogP contribution is -1.96. The van der Waals surface area contributed by atoms with Crippen LogP contribution >= 0.6 is 0 Å². The van der Waals surface area contributed by atoms with Crippen molar-refractivity contribution in [3.63, 3.8) is 0 Å². The van der Waals surface area contributed by atoms with Crippen LogP contribution in [-0.4, -0.2) is 19.9 Å². The Balaban J connectivity index is 1.12. The normalized spacial score (nSPS) is 11.8. The number of para-hydroxylation sites is 1. The smallest absolute Gasteiger partial charge is 0.0978 e. The Labute approximate surface area is 333 Å². The van der Waals surface area contributed by atoms with Crippen LogP contribution in [0, 0.1) is 0 Å². The number of hydrogen-bond acceptors (Lipinski definition) is 4. The molecule has 0 saturated carbocycles. The zero-order chi connectivity index (χ0) is 38.2. The molecule has 4 nitrogen and oxygen atoms in total. The van der Waals surface area contributed by atoms with Crippen molar-refractivity contribution in [2.45, 2.75) is 0 Å². The average molecular weight is 737 g/mol. The summed E-state index contributed by atoms with van der Waals surface area (Å²) in [6.07, 6.45) is 1.93. The molecule has 268 valence electrons. The third-order valence-electron chi connectivity index (χ3n) is 11.7. The number of nitrogens with zero attached hydrogens (tertiary/aromatic N) is 4. The Hall–Kier alpha value is -7.82. The van der Waals surface area contributed by atoms with E-state index in [4.69, 9.17) is 19.9 Å². The van der Waals surface area contributed by atoms with Crippen LogP contribution in [0.25, 0.3) is 121 Å². The van der Waals surface area contributed by atoms with Gasteiger partial charge >= 0.3 is 0 Å². The van der Waals surface area contributed by atoms with Crippen molar-refractivity contribution in [2.24, 2.45) is 0 Å². The predicted molar refractivity (Wildman–Crippen MR) is 242 cm³/mol. The van der Waals surface area contributed by atoms with Crippen LogP contribution < -0.4 is 0 Å². The van der Waals surface area contributed by atoms with Crippen LogP contribution in [0.1, 0.15) is 0 Å². The fourth-order valence-corrected chi connectivity index (χ4v) is 9.07. The van der Waals surface area contributed by atoms with E-state index in [9.17, 15) is 0 Å². The fourth-order valence-electron chi connectivity index (χ4n) is 9.07. The summed E-state index contributed by atoms with van der Waals surface area (Å²) >= 11 is 0. The van der Waals surface area contributed by atoms with Crippen LogP contribution in [0.5, 0.6) is 0 Å². The van der Waals surface area contributed by atoms with E-state index in [2.05, 4.69) is 182 Å². The van der Waals surface area contributed by atoms with Gasteiger partial charge in [0.25, 0.3) is 0 Å². The second kappa shape index (κ2) is 12.9. The minimum atomic E-state index is 0.892. The molecule has 4 heterocycles. The number of hydrogen-bond donors (Lipinski definition) is 0. The van der Waals surface area contributed by atoms with Crippen molar-refractivity contribution in [3.8, 4) is 44.8 Å². The highest BCUT2D eigenvalue weighted by Gasteiger charge is 2.21. The van der Waals surface area contributed by atoms with E-state index < -0.39 is 0 Å². The lowest BCUT2D eigenvalue weighted by molar-refractivity contribution is 1.37. The molecule has 4 heteroatoms. The van der Waals surface area contributed by atoms with E-state index in [-0.39, 0.29) is 0 Å². The largest absolute Gasteiger partial charge is 0.254 e. The number of fused-ring (bicyclic) bond motifs is 9. The van der Waals surface area contributed by atoms with E-state index in [1.807, 2.05) is 12.3 Å². The summed E-state index contributed by atoms with van der Waals surface area (Å²) in [5, 5.41) is 10.0. The van der Waals surface area contributed by atoms with Gasteiger partial charge in [0.05, 0.1) is 39.0 Å².